The molecule has 1 aliphatic rings. The number of likely N-dealkylation sites (tertiary alicyclic amines) is 1. The monoisotopic (exact) mass is 286 g/mol. The molecule has 1 fully saturated rings. The predicted octanol–water partition coefficient (Wildman–Crippen LogP) is 2.98. The van der Waals surface area contributed by atoms with Crippen LogP contribution < -0.4 is 4.74 Å². The zero-order valence-electron chi connectivity index (χ0n) is 12.5. The molecule has 1 aromatic rings. The molecule has 1 unspecified atom stereocenters. The average molecular weight is 286 g/mol. The zero-order valence-corrected chi connectivity index (χ0v) is 12.5. The number of benzene rings is 1. The van der Waals surface area contributed by atoms with Gasteiger partial charge in [0.05, 0.1) is 18.2 Å². The van der Waals surface area contributed by atoms with Crippen LogP contribution in [0.1, 0.15) is 38.2 Å². The summed E-state index contributed by atoms with van der Waals surface area (Å²) in [6, 6.07) is 9.17. The first kappa shape index (κ1) is 15.4. The minimum atomic E-state index is 0.284. The van der Waals surface area contributed by atoms with Crippen LogP contribution in [0.2, 0.25) is 0 Å². The first-order chi connectivity index (χ1) is 10.2. The highest BCUT2D eigenvalue weighted by Gasteiger charge is 2.28. The smallest absolute Gasteiger partial charge is 0.222 e. The van der Waals surface area contributed by atoms with E-state index in [1.54, 1.807) is 24.3 Å². The largest absolute Gasteiger partial charge is 0.494 e. The first-order valence-electron chi connectivity index (χ1n) is 7.63. The van der Waals surface area contributed by atoms with Crippen LogP contribution in [0, 0.1) is 17.2 Å². The van der Waals surface area contributed by atoms with Gasteiger partial charge in [-0.15, -0.1) is 0 Å². The second-order valence-electron chi connectivity index (χ2n) is 5.54. The van der Waals surface area contributed by atoms with Crippen molar-refractivity contribution in [2.24, 2.45) is 5.92 Å². The fourth-order valence-electron chi connectivity index (χ4n) is 2.74. The summed E-state index contributed by atoms with van der Waals surface area (Å²) >= 11 is 0. The molecule has 1 atom stereocenters. The molecular formula is C17H22N2O2. The number of nitrogens with zero attached hydrogens (tertiary/aromatic N) is 2. The van der Waals surface area contributed by atoms with E-state index in [1.165, 1.54) is 0 Å². The van der Waals surface area contributed by atoms with E-state index in [-0.39, 0.29) is 5.91 Å². The van der Waals surface area contributed by atoms with Gasteiger partial charge in [-0.05, 0) is 43.0 Å². The van der Waals surface area contributed by atoms with Gasteiger partial charge >= 0.3 is 0 Å². The predicted molar refractivity (Wildman–Crippen MR) is 80.9 cm³/mol. The van der Waals surface area contributed by atoms with Crippen LogP contribution in [0.25, 0.3) is 0 Å². The molecule has 1 aliphatic heterocycles. The first-order valence-corrected chi connectivity index (χ1v) is 7.63. The number of hydrogen-bond acceptors (Lipinski definition) is 3. The maximum Gasteiger partial charge on any atom is 0.222 e. The molecule has 21 heavy (non-hydrogen) atoms. The summed E-state index contributed by atoms with van der Waals surface area (Å²) in [6.07, 6.45) is 3.84. The minimum Gasteiger partial charge on any atom is -0.494 e. The van der Waals surface area contributed by atoms with Crippen LogP contribution >= 0.6 is 0 Å². The second-order valence-corrected chi connectivity index (χ2v) is 5.54. The topological polar surface area (TPSA) is 53.3 Å². The van der Waals surface area contributed by atoms with Gasteiger partial charge in [0.25, 0.3) is 0 Å². The van der Waals surface area contributed by atoms with Gasteiger partial charge in [0, 0.05) is 19.5 Å². The minimum absolute atomic E-state index is 0.284. The molecule has 1 heterocycles. The third kappa shape index (κ3) is 4.49. The van der Waals surface area contributed by atoms with E-state index in [2.05, 4.69) is 13.0 Å². The number of carbonyl (C=O) groups excluding carboxylic acids is 1. The highest BCUT2D eigenvalue weighted by molar-refractivity contribution is 5.78. The van der Waals surface area contributed by atoms with Gasteiger partial charge < -0.3 is 9.64 Å². The van der Waals surface area contributed by atoms with Crippen molar-refractivity contribution in [2.75, 3.05) is 19.7 Å². The van der Waals surface area contributed by atoms with Gasteiger partial charge in [-0.3, -0.25) is 4.79 Å². The Morgan fingerprint density at radius 3 is 2.81 bits per heavy atom. The molecule has 0 radical (unpaired) electrons. The standard InChI is InChI=1S/C17H22N2O2/c1-2-4-15-11-17(20)19(13-15)9-3-10-21-16-7-5-14(12-18)6-8-16/h5-8,15H,2-4,9-11,13H2,1H3. The van der Waals surface area contributed by atoms with Crippen LogP contribution in [-0.4, -0.2) is 30.5 Å². The molecule has 1 amide bonds. The molecule has 0 aliphatic carbocycles. The van der Waals surface area contributed by atoms with E-state index in [0.29, 0.717) is 24.5 Å². The number of ether oxygens (including phenoxy) is 1. The summed E-state index contributed by atoms with van der Waals surface area (Å²) < 4.78 is 5.63. The van der Waals surface area contributed by atoms with Gasteiger partial charge in [0.1, 0.15) is 5.75 Å². The lowest BCUT2D eigenvalue weighted by molar-refractivity contribution is -0.127. The molecule has 0 saturated carbocycles. The summed E-state index contributed by atoms with van der Waals surface area (Å²) in [5.74, 6) is 1.60. The summed E-state index contributed by atoms with van der Waals surface area (Å²) in [6.45, 7) is 4.44. The Morgan fingerprint density at radius 2 is 2.14 bits per heavy atom. The number of hydrogen-bond donors (Lipinski definition) is 0. The zero-order chi connectivity index (χ0) is 15.1. The molecule has 4 heteroatoms. The average Bonchev–Trinajstić information content (AvgIpc) is 2.84. The van der Waals surface area contributed by atoms with Gasteiger partial charge in [0.2, 0.25) is 5.91 Å². The van der Waals surface area contributed by atoms with Gasteiger partial charge in [-0.2, -0.15) is 5.26 Å². The molecule has 0 bridgehead atoms. The SMILES string of the molecule is CCCC1CC(=O)N(CCCOc2ccc(C#N)cc2)C1. The molecule has 4 nitrogen and oxygen atoms in total. The fraction of sp³-hybridized carbons (Fsp3) is 0.529. The maximum atomic E-state index is 11.8. The third-order valence-electron chi connectivity index (χ3n) is 3.82. The van der Waals surface area contributed by atoms with Crippen molar-refractivity contribution in [3.05, 3.63) is 29.8 Å². The van der Waals surface area contributed by atoms with E-state index in [0.717, 1.165) is 38.1 Å². The molecule has 2 rings (SSSR count). The number of nitriles is 1. The third-order valence-corrected chi connectivity index (χ3v) is 3.82. The summed E-state index contributed by atoms with van der Waals surface area (Å²) in [5, 5.41) is 8.72. The highest BCUT2D eigenvalue weighted by atomic mass is 16.5. The van der Waals surface area contributed by atoms with Gasteiger partial charge in [-0.25, -0.2) is 0 Å². The Balaban J connectivity index is 1.67. The Bertz CT molecular complexity index is 505. The Hall–Kier alpha value is -2.02. The van der Waals surface area contributed by atoms with Crippen molar-refractivity contribution in [1.29, 1.82) is 5.26 Å². The van der Waals surface area contributed by atoms with Crippen LogP contribution in [0.3, 0.4) is 0 Å². The van der Waals surface area contributed by atoms with E-state index < -0.39 is 0 Å². The molecule has 112 valence electrons. The maximum absolute atomic E-state index is 11.8. The van der Waals surface area contributed by atoms with Crippen molar-refractivity contribution in [2.45, 2.75) is 32.6 Å². The fourth-order valence-corrected chi connectivity index (χ4v) is 2.74. The number of rotatable bonds is 7. The lowest BCUT2D eigenvalue weighted by atomic mass is 10.0. The number of amides is 1. The van der Waals surface area contributed by atoms with Gasteiger partial charge in [0.15, 0.2) is 0 Å². The Morgan fingerprint density at radius 1 is 1.38 bits per heavy atom. The van der Waals surface area contributed by atoms with E-state index in [1.807, 2.05) is 4.90 Å². The van der Waals surface area contributed by atoms with Crippen molar-refractivity contribution in [3.63, 3.8) is 0 Å². The van der Waals surface area contributed by atoms with E-state index >= 15 is 0 Å². The molecule has 1 saturated heterocycles. The van der Waals surface area contributed by atoms with Crippen LogP contribution in [0.5, 0.6) is 5.75 Å². The van der Waals surface area contributed by atoms with Crippen LogP contribution in [0.15, 0.2) is 24.3 Å². The summed E-state index contributed by atoms with van der Waals surface area (Å²) in [5.41, 5.74) is 0.631. The van der Waals surface area contributed by atoms with Crippen LogP contribution in [-0.2, 0) is 4.79 Å². The van der Waals surface area contributed by atoms with Crippen LogP contribution in [0.4, 0.5) is 0 Å². The summed E-state index contributed by atoms with van der Waals surface area (Å²) in [4.78, 5) is 13.8. The molecule has 0 N–H and O–H groups in total. The lowest BCUT2D eigenvalue weighted by Gasteiger charge is -2.16. The van der Waals surface area contributed by atoms with Crippen molar-refractivity contribution in [3.8, 4) is 11.8 Å². The lowest BCUT2D eigenvalue weighted by Crippen LogP contribution is -2.27. The highest BCUT2D eigenvalue weighted by Crippen LogP contribution is 2.22. The van der Waals surface area contributed by atoms with Crippen molar-refractivity contribution in [1.82, 2.24) is 4.90 Å². The summed E-state index contributed by atoms with van der Waals surface area (Å²) in [7, 11) is 0. The van der Waals surface area contributed by atoms with Gasteiger partial charge in [-0.1, -0.05) is 13.3 Å². The molecule has 1 aromatic carbocycles. The van der Waals surface area contributed by atoms with Crippen molar-refractivity contribution >= 4 is 5.91 Å². The molecular weight excluding hydrogens is 264 g/mol. The second kappa shape index (κ2) is 7.68. The molecule has 0 aromatic heterocycles. The normalized spacial score (nSPS) is 17.8. The van der Waals surface area contributed by atoms with E-state index in [4.69, 9.17) is 10.00 Å². The quantitative estimate of drug-likeness (QED) is 0.724. The van der Waals surface area contributed by atoms with E-state index in [9.17, 15) is 4.79 Å². The van der Waals surface area contributed by atoms with Crippen molar-refractivity contribution < 1.29 is 9.53 Å². The Labute approximate surface area is 126 Å². The number of carbonyl (C=O) groups is 1. The molecule has 0 spiro atoms. The Kier molecular flexibility index (Phi) is 5.62.